The number of hydrogen-bond donors (Lipinski definition) is 2. The lowest BCUT2D eigenvalue weighted by molar-refractivity contribution is -0.116. The highest BCUT2D eigenvalue weighted by atomic mass is 16.1. The Morgan fingerprint density at radius 1 is 1.43 bits per heavy atom. The molecule has 1 aliphatic carbocycles. The molecule has 1 aliphatic rings. The minimum atomic E-state index is -0.0125. The Kier molecular flexibility index (Phi) is 3.80. The molecule has 1 heterocycles. The predicted molar refractivity (Wildman–Crippen MR) is 84.1 cm³/mol. The molecule has 1 amide bonds. The van der Waals surface area contributed by atoms with Gasteiger partial charge in [0.15, 0.2) is 0 Å². The number of rotatable bonds is 3. The van der Waals surface area contributed by atoms with Crippen LogP contribution < -0.4 is 11.1 Å². The smallest absolute Gasteiger partial charge is 0.244 e. The fraction of sp³-hybridized carbons (Fsp3) is 0.353. The summed E-state index contributed by atoms with van der Waals surface area (Å²) in [6.07, 6.45) is 7.31. The predicted octanol–water partition coefficient (Wildman–Crippen LogP) is 2.77. The lowest BCUT2D eigenvalue weighted by Gasteiger charge is -2.17. The van der Waals surface area contributed by atoms with Gasteiger partial charge in [-0.1, -0.05) is 12.1 Å². The van der Waals surface area contributed by atoms with Gasteiger partial charge in [-0.2, -0.15) is 0 Å². The fourth-order valence-electron chi connectivity index (χ4n) is 2.96. The van der Waals surface area contributed by atoms with E-state index in [9.17, 15) is 4.79 Å². The van der Waals surface area contributed by atoms with Gasteiger partial charge in [0.1, 0.15) is 6.54 Å². The van der Waals surface area contributed by atoms with Gasteiger partial charge in [0.05, 0.1) is 0 Å². The van der Waals surface area contributed by atoms with E-state index in [4.69, 9.17) is 5.73 Å². The van der Waals surface area contributed by atoms with Gasteiger partial charge < -0.3 is 15.6 Å². The maximum Gasteiger partial charge on any atom is 0.244 e. The second-order valence-electron chi connectivity index (χ2n) is 5.83. The number of aryl methyl sites for hydroxylation is 2. The summed E-state index contributed by atoms with van der Waals surface area (Å²) in [5, 5.41) is 2.93. The quantitative estimate of drug-likeness (QED) is 0.910. The van der Waals surface area contributed by atoms with Crippen molar-refractivity contribution < 1.29 is 4.79 Å². The highest BCUT2D eigenvalue weighted by Crippen LogP contribution is 2.28. The van der Waals surface area contributed by atoms with Crippen molar-refractivity contribution in [3.05, 3.63) is 53.3 Å². The number of benzene rings is 1. The number of fused-ring (bicyclic) bond motifs is 1. The number of hydrogen-bond acceptors (Lipinski definition) is 2. The SMILES string of the molecule is Cc1cccc(NC(=O)Cn2cc3c(c2)C(N)CCC3)c1. The minimum Gasteiger partial charge on any atom is -0.344 e. The van der Waals surface area contributed by atoms with Gasteiger partial charge in [-0.25, -0.2) is 0 Å². The van der Waals surface area contributed by atoms with E-state index in [2.05, 4.69) is 11.5 Å². The Labute approximate surface area is 125 Å². The number of carbonyl (C=O) groups excluding carboxylic acids is 1. The number of nitrogens with two attached hydrogens (primary N) is 1. The molecule has 1 aromatic heterocycles. The van der Waals surface area contributed by atoms with Crippen molar-refractivity contribution in [1.29, 1.82) is 0 Å². The van der Waals surface area contributed by atoms with Crippen LogP contribution in [0.5, 0.6) is 0 Å². The Balaban J connectivity index is 1.68. The third-order valence-corrected chi connectivity index (χ3v) is 3.99. The van der Waals surface area contributed by atoms with Crippen LogP contribution in [-0.2, 0) is 17.8 Å². The van der Waals surface area contributed by atoms with Crippen molar-refractivity contribution in [2.24, 2.45) is 5.73 Å². The number of nitrogens with one attached hydrogen (secondary N) is 1. The highest BCUT2D eigenvalue weighted by Gasteiger charge is 2.19. The largest absolute Gasteiger partial charge is 0.344 e. The topological polar surface area (TPSA) is 60.0 Å². The van der Waals surface area contributed by atoms with E-state index in [0.29, 0.717) is 6.54 Å². The van der Waals surface area contributed by atoms with Gasteiger partial charge in [-0.15, -0.1) is 0 Å². The van der Waals surface area contributed by atoms with Crippen molar-refractivity contribution in [3.8, 4) is 0 Å². The van der Waals surface area contributed by atoms with Crippen LogP contribution in [0, 0.1) is 6.92 Å². The second-order valence-corrected chi connectivity index (χ2v) is 5.83. The van der Waals surface area contributed by atoms with E-state index >= 15 is 0 Å². The maximum absolute atomic E-state index is 12.1. The van der Waals surface area contributed by atoms with Crippen molar-refractivity contribution in [3.63, 3.8) is 0 Å². The zero-order chi connectivity index (χ0) is 14.8. The Bertz CT molecular complexity index is 660. The molecule has 1 aromatic carbocycles. The van der Waals surface area contributed by atoms with E-state index in [-0.39, 0.29) is 11.9 Å². The first-order valence-electron chi connectivity index (χ1n) is 7.42. The molecule has 110 valence electrons. The Hall–Kier alpha value is -2.07. The molecule has 0 aliphatic heterocycles. The molecule has 4 heteroatoms. The second kappa shape index (κ2) is 5.74. The van der Waals surface area contributed by atoms with Crippen LogP contribution in [0.15, 0.2) is 36.7 Å². The van der Waals surface area contributed by atoms with Crippen LogP contribution in [0.4, 0.5) is 5.69 Å². The van der Waals surface area contributed by atoms with E-state index < -0.39 is 0 Å². The summed E-state index contributed by atoms with van der Waals surface area (Å²) < 4.78 is 1.95. The molecule has 0 spiro atoms. The molecule has 2 aromatic rings. The molecule has 0 saturated heterocycles. The van der Waals surface area contributed by atoms with Crippen LogP contribution in [0.25, 0.3) is 0 Å². The average molecular weight is 283 g/mol. The van der Waals surface area contributed by atoms with Gasteiger partial charge in [0.2, 0.25) is 5.91 Å². The zero-order valence-electron chi connectivity index (χ0n) is 12.3. The highest BCUT2D eigenvalue weighted by molar-refractivity contribution is 5.90. The lowest BCUT2D eigenvalue weighted by Crippen LogP contribution is -2.18. The van der Waals surface area contributed by atoms with E-state index in [1.807, 2.05) is 42.0 Å². The molecule has 21 heavy (non-hydrogen) atoms. The average Bonchev–Trinajstić information content (AvgIpc) is 2.82. The van der Waals surface area contributed by atoms with Crippen molar-refractivity contribution >= 4 is 11.6 Å². The van der Waals surface area contributed by atoms with Crippen molar-refractivity contribution in [2.45, 2.75) is 38.8 Å². The first-order valence-corrected chi connectivity index (χ1v) is 7.42. The van der Waals surface area contributed by atoms with Crippen LogP contribution in [0.1, 0.15) is 35.6 Å². The fourth-order valence-corrected chi connectivity index (χ4v) is 2.96. The van der Waals surface area contributed by atoms with Gasteiger partial charge in [0, 0.05) is 24.1 Å². The number of nitrogens with zero attached hydrogens (tertiary/aromatic N) is 1. The standard InChI is InChI=1S/C17H21N3O/c1-12-4-2-6-14(8-12)19-17(21)11-20-9-13-5-3-7-16(18)15(13)10-20/h2,4,6,8-10,16H,3,5,7,11,18H2,1H3,(H,19,21). The first-order chi connectivity index (χ1) is 10.1. The van der Waals surface area contributed by atoms with E-state index in [0.717, 1.165) is 30.5 Å². The molecular formula is C17H21N3O. The summed E-state index contributed by atoms with van der Waals surface area (Å²) in [5.41, 5.74) is 10.6. The summed E-state index contributed by atoms with van der Waals surface area (Å²) in [6.45, 7) is 2.34. The van der Waals surface area contributed by atoms with Gasteiger partial charge in [-0.05, 0) is 55.0 Å². The van der Waals surface area contributed by atoms with Gasteiger partial charge in [0.25, 0.3) is 0 Å². The van der Waals surface area contributed by atoms with E-state index in [1.165, 1.54) is 11.1 Å². The Morgan fingerprint density at radius 3 is 3.05 bits per heavy atom. The number of aromatic nitrogens is 1. The number of carbonyl (C=O) groups is 1. The monoisotopic (exact) mass is 283 g/mol. The maximum atomic E-state index is 12.1. The molecular weight excluding hydrogens is 262 g/mol. The first kappa shape index (κ1) is 13.9. The van der Waals surface area contributed by atoms with Crippen LogP contribution >= 0.6 is 0 Å². The molecule has 3 N–H and O–H groups in total. The third-order valence-electron chi connectivity index (χ3n) is 3.99. The molecule has 0 fully saturated rings. The summed E-state index contributed by atoms with van der Waals surface area (Å²) >= 11 is 0. The molecule has 0 bridgehead atoms. The van der Waals surface area contributed by atoms with Crippen molar-refractivity contribution in [2.75, 3.05) is 5.32 Å². The normalized spacial score (nSPS) is 17.3. The lowest BCUT2D eigenvalue weighted by atomic mass is 9.92. The number of anilines is 1. The molecule has 0 radical (unpaired) electrons. The van der Waals surface area contributed by atoms with Gasteiger partial charge in [-0.3, -0.25) is 4.79 Å². The van der Waals surface area contributed by atoms with Crippen LogP contribution in [-0.4, -0.2) is 10.5 Å². The molecule has 1 atom stereocenters. The molecule has 3 rings (SSSR count). The van der Waals surface area contributed by atoms with Crippen molar-refractivity contribution in [1.82, 2.24) is 4.57 Å². The third kappa shape index (κ3) is 3.16. The summed E-state index contributed by atoms with van der Waals surface area (Å²) in [6, 6.07) is 7.94. The Morgan fingerprint density at radius 2 is 2.29 bits per heavy atom. The van der Waals surface area contributed by atoms with Gasteiger partial charge >= 0.3 is 0 Å². The summed E-state index contributed by atoms with van der Waals surface area (Å²) in [7, 11) is 0. The van der Waals surface area contributed by atoms with Crippen LogP contribution in [0.3, 0.4) is 0 Å². The summed E-state index contributed by atoms with van der Waals surface area (Å²) in [5.74, 6) is -0.0125. The van der Waals surface area contributed by atoms with Crippen LogP contribution in [0.2, 0.25) is 0 Å². The number of amides is 1. The molecule has 1 unspecified atom stereocenters. The zero-order valence-corrected chi connectivity index (χ0v) is 12.3. The molecule has 0 saturated carbocycles. The minimum absolute atomic E-state index is 0.0125. The van der Waals surface area contributed by atoms with E-state index in [1.54, 1.807) is 0 Å². The molecule has 4 nitrogen and oxygen atoms in total. The summed E-state index contributed by atoms with van der Waals surface area (Å²) in [4.78, 5) is 12.1.